The Morgan fingerprint density at radius 3 is 2.00 bits per heavy atom. The van der Waals surface area contributed by atoms with Crippen LogP contribution in [0.1, 0.15) is 99.3 Å². The van der Waals surface area contributed by atoms with Gasteiger partial charge in [0, 0.05) is 38.5 Å². The van der Waals surface area contributed by atoms with Gasteiger partial charge in [-0.3, -0.25) is 23.7 Å². The van der Waals surface area contributed by atoms with Gasteiger partial charge in [0.1, 0.15) is 18.3 Å². The number of carbonyl (C=O) groups excluding carboxylic acids is 5. The molecule has 13 nitrogen and oxygen atoms in total. The molecule has 0 aromatic heterocycles. The van der Waals surface area contributed by atoms with Crippen molar-refractivity contribution in [1.29, 1.82) is 0 Å². The fraction of sp³-hybridized carbons (Fsp3) is 0.857. The summed E-state index contributed by atoms with van der Waals surface area (Å²) in [5.74, 6) is -4.91. The highest BCUT2D eigenvalue weighted by atomic mass is 32.2. The molecule has 0 heterocycles. The van der Waals surface area contributed by atoms with Crippen LogP contribution in [-0.4, -0.2) is 85.3 Å². The number of hydrogen-bond acceptors (Lipinski definition) is 12. The van der Waals surface area contributed by atoms with E-state index in [2.05, 4.69) is 16.4 Å². The van der Waals surface area contributed by atoms with Gasteiger partial charge in [0.25, 0.3) is 6.10 Å². The van der Waals surface area contributed by atoms with Gasteiger partial charge in [-0.15, -0.1) is 0 Å². The van der Waals surface area contributed by atoms with Crippen LogP contribution in [-0.2, 0) is 57.8 Å². The Bertz CT molecular complexity index is 1570. The van der Waals surface area contributed by atoms with Crippen LogP contribution in [0.4, 0.5) is 22.0 Å². The highest BCUT2D eigenvalue weighted by Crippen LogP contribution is 2.69. The molecule has 4 fully saturated rings. The number of carbonyl (C=O) groups is 5. The Hall–Kier alpha value is -3.09. The van der Waals surface area contributed by atoms with Crippen molar-refractivity contribution in [2.24, 2.45) is 46.3 Å². The summed E-state index contributed by atoms with van der Waals surface area (Å²) < 4.78 is 123. The van der Waals surface area contributed by atoms with Crippen molar-refractivity contribution in [3.05, 3.63) is 0 Å². The second-order valence-electron chi connectivity index (χ2n) is 15.9. The standard InChI is InChI=1S/C35H49F5O13S/c1-17(7-10-28(44)49-16-29(45)53-31(34(36,37)38)35(39,40)54(46,47)48)23-8-9-24-30-25(15-27(33(23,24)6)52-20(4)43)32(5)12-11-22(50-18(2)41)13-21(32)14-26(30)51-19(3)42/h17,21-27,30-31H,7-16H2,1-6H3,(H,46,47,48)/t17?,21?,22?,23-,24+,25+,26?,27?,30?,31?,32?,33?/m1/s1. The van der Waals surface area contributed by atoms with E-state index in [9.17, 15) is 54.3 Å². The predicted octanol–water partition coefficient (Wildman–Crippen LogP) is 5.57. The lowest BCUT2D eigenvalue weighted by atomic mass is 9.43. The van der Waals surface area contributed by atoms with Crippen LogP contribution >= 0.6 is 0 Å². The molecule has 4 saturated carbocycles. The van der Waals surface area contributed by atoms with Crippen molar-refractivity contribution in [3.8, 4) is 0 Å². The molecule has 0 saturated heterocycles. The molecule has 4 rings (SSSR count). The second kappa shape index (κ2) is 15.8. The van der Waals surface area contributed by atoms with Gasteiger partial charge in [0.15, 0.2) is 6.61 Å². The summed E-state index contributed by atoms with van der Waals surface area (Å²) in [7, 11) is -6.64. The summed E-state index contributed by atoms with van der Waals surface area (Å²) in [6.45, 7) is 8.65. The third-order valence-corrected chi connectivity index (χ3v) is 13.7. The van der Waals surface area contributed by atoms with Crippen molar-refractivity contribution in [2.75, 3.05) is 6.61 Å². The van der Waals surface area contributed by atoms with Crippen LogP contribution in [0.25, 0.3) is 0 Å². The molecule has 308 valence electrons. The summed E-state index contributed by atoms with van der Waals surface area (Å²) in [6, 6.07) is 0. The number of alkyl halides is 5. The van der Waals surface area contributed by atoms with Crippen LogP contribution < -0.4 is 0 Å². The Balaban J connectivity index is 1.49. The Labute approximate surface area is 310 Å². The van der Waals surface area contributed by atoms with Gasteiger partial charge in [-0.1, -0.05) is 20.8 Å². The van der Waals surface area contributed by atoms with Gasteiger partial charge in [0.05, 0.1) is 0 Å². The van der Waals surface area contributed by atoms with E-state index in [0.717, 1.165) is 6.42 Å². The Morgan fingerprint density at radius 1 is 0.833 bits per heavy atom. The maximum atomic E-state index is 13.8. The number of hydrogen-bond donors (Lipinski definition) is 1. The van der Waals surface area contributed by atoms with Crippen molar-refractivity contribution >= 4 is 40.0 Å². The van der Waals surface area contributed by atoms with Crippen LogP contribution in [0.2, 0.25) is 0 Å². The number of rotatable bonds is 12. The van der Waals surface area contributed by atoms with Gasteiger partial charge in [0.2, 0.25) is 0 Å². The summed E-state index contributed by atoms with van der Waals surface area (Å²) in [5, 5.41) is -5.93. The third kappa shape index (κ3) is 8.81. The predicted molar refractivity (Wildman–Crippen MR) is 174 cm³/mol. The number of fused-ring (bicyclic) bond motifs is 5. The molecule has 0 spiro atoms. The fourth-order valence-corrected chi connectivity index (χ4v) is 11.0. The molecule has 0 radical (unpaired) electrons. The van der Waals surface area contributed by atoms with E-state index in [1.54, 1.807) is 0 Å². The zero-order valence-electron chi connectivity index (χ0n) is 31.0. The summed E-state index contributed by atoms with van der Waals surface area (Å²) in [5.41, 5.74) is -0.865. The average Bonchev–Trinajstić information content (AvgIpc) is 3.38. The second-order valence-corrected chi connectivity index (χ2v) is 17.4. The minimum Gasteiger partial charge on any atom is -0.463 e. The van der Waals surface area contributed by atoms with Gasteiger partial charge >= 0.3 is 51.4 Å². The van der Waals surface area contributed by atoms with E-state index in [-0.39, 0.29) is 65.8 Å². The largest absolute Gasteiger partial charge is 0.463 e. The topological polar surface area (TPSA) is 186 Å². The molecule has 12 atom stereocenters. The van der Waals surface area contributed by atoms with Crippen LogP contribution in [0.5, 0.6) is 0 Å². The van der Waals surface area contributed by atoms with Crippen molar-refractivity contribution in [1.82, 2.24) is 0 Å². The quantitative estimate of drug-likeness (QED) is 0.112. The van der Waals surface area contributed by atoms with Crippen LogP contribution in [0.15, 0.2) is 0 Å². The van der Waals surface area contributed by atoms with E-state index in [4.69, 9.17) is 18.8 Å². The number of halogens is 5. The summed E-state index contributed by atoms with van der Waals surface area (Å²) in [6.07, 6.45) is -7.63. The van der Waals surface area contributed by atoms with Gasteiger partial charge < -0.3 is 23.7 Å². The fourth-order valence-electron chi connectivity index (χ4n) is 10.5. The SMILES string of the molecule is CC(=O)OC1CCC2(C)C(C1)CC(OC(C)=O)C1[C@@H]2CC(OC(C)=O)C2(C)[C@@H](C(C)CCC(=O)OCC(=O)OC(C(F)(F)F)C(F)(F)S(=O)(=O)O)CC[C@@H]12. The van der Waals surface area contributed by atoms with Crippen molar-refractivity contribution in [3.63, 3.8) is 0 Å². The maximum absolute atomic E-state index is 13.8. The van der Waals surface area contributed by atoms with Gasteiger partial charge in [-0.2, -0.15) is 30.4 Å². The molecule has 1 N–H and O–H groups in total. The minimum absolute atomic E-state index is 0.000489. The van der Waals surface area contributed by atoms with Crippen molar-refractivity contribution < 1.29 is 82.6 Å². The van der Waals surface area contributed by atoms with E-state index >= 15 is 0 Å². The lowest BCUT2D eigenvalue weighted by Gasteiger charge is -2.64. The molecule has 0 aromatic rings. The molecule has 0 bridgehead atoms. The normalized spacial score (nSPS) is 34.9. The zero-order chi connectivity index (χ0) is 40.8. The van der Waals surface area contributed by atoms with E-state index in [0.29, 0.717) is 38.5 Å². The van der Waals surface area contributed by atoms with Gasteiger partial charge in [-0.25, -0.2) is 4.79 Å². The molecular weight excluding hydrogens is 755 g/mol. The van der Waals surface area contributed by atoms with Gasteiger partial charge in [-0.05, 0) is 86.4 Å². The number of ether oxygens (including phenoxy) is 5. The monoisotopic (exact) mass is 804 g/mol. The molecule has 19 heteroatoms. The number of esters is 5. The molecule has 0 aliphatic heterocycles. The lowest BCUT2D eigenvalue weighted by Crippen LogP contribution is -2.63. The van der Waals surface area contributed by atoms with E-state index < -0.39 is 75.8 Å². The summed E-state index contributed by atoms with van der Waals surface area (Å²) in [4.78, 5) is 61.3. The van der Waals surface area contributed by atoms with E-state index in [1.807, 2.05) is 13.8 Å². The molecular formula is C35H49F5O13S. The minimum atomic E-state index is -6.64. The zero-order valence-corrected chi connectivity index (χ0v) is 31.8. The Morgan fingerprint density at radius 2 is 1.44 bits per heavy atom. The Kier molecular flexibility index (Phi) is 12.8. The lowest BCUT2D eigenvalue weighted by molar-refractivity contribution is -0.260. The third-order valence-electron chi connectivity index (χ3n) is 12.8. The molecule has 0 aromatic carbocycles. The molecule has 4 aliphatic carbocycles. The highest BCUT2D eigenvalue weighted by Gasteiger charge is 2.68. The first-order valence-electron chi connectivity index (χ1n) is 18.0. The molecule has 4 aliphatic rings. The maximum Gasteiger partial charge on any atom is 0.432 e. The van der Waals surface area contributed by atoms with E-state index in [1.165, 1.54) is 20.8 Å². The molecule has 0 amide bonds. The molecule has 9 unspecified atom stereocenters. The first-order valence-corrected chi connectivity index (χ1v) is 19.5. The smallest absolute Gasteiger partial charge is 0.432 e. The first-order chi connectivity index (χ1) is 24.7. The first kappa shape index (κ1) is 43.6. The summed E-state index contributed by atoms with van der Waals surface area (Å²) >= 11 is 0. The average molecular weight is 805 g/mol. The molecule has 54 heavy (non-hydrogen) atoms. The van der Waals surface area contributed by atoms with Crippen molar-refractivity contribution in [2.45, 2.75) is 135 Å². The highest BCUT2D eigenvalue weighted by molar-refractivity contribution is 7.86. The van der Waals surface area contributed by atoms with Crippen LogP contribution in [0, 0.1) is 46.3 Å². The van der Waals surface area contributed by atoms with Crippen LogP contribution in [0.3, 0.4) is 0 Å².